The maximum Gasteiger partial charge on any atom is 0.267 e. The van der Waals surface area contributed by atoms with Crippen LogP contribution in [0, 0.1) is 0 Å². The Morgan fingerprint density at radius 3 is 2.92 bits per heavy atom. The third kappa shape index (κ3) is 3.01. The zero-order chi connectivity index (χ0) is 18.1. The minimum Gasteiger partial charge on any atom is -0.439 e. The van der Waals surface area contributed by atoms with Crippen LogP contribution in [-0.4, -0.2) is 34.0 Å². The third-order valence-corrected chi connectivity index (χ3v) is 5.25. The van der Waals surface area contributed by atoms with Crippen LogP contribution in [0.15, 0.2) is 40.8 Å². The molecular formula is C20H24N4O2. The molecule has 136 valence electrons. The average molecular weight is 352 g/mol. The van der Waals surface area contributed by atoms with Crippen LogP contribution >= 0.6 is 0 Å². The highest BCUT2D eigenvalue weighted by Gasteiger charge is 2.28. The Morgan fingerprint density at radius 2 is 2.12 bits per heavy atom. The first kappa shape index (κ1) is 16.8. The molecule has 1 fully saturated rings. The van der Waals surface area contributed by atoms with Gasteiger partial charge in [0.1, 0.15) is 11.2 Å². The van der Waals surface area contributed by atoms with Crippen molar-refractivity contribution in [2.45, 2.75) is 31.8 Å². The molecule has 1 N–H and O–H groups in total. The van der Waals surface area contributed by atoms with Crippen molar-refractivity contribution < 1.29 is 9.21 Å². The Hall–Kier alpha value is -2.60. The summed E-state index contributed by atoms with van der Waals surface area (Å²) >= 11 is 0. The molecule has 0 aliphatic carbocycles. The van der Waals surface area contributed by atoms with Crippen molar-refractivity contribution in [1.29, 1.82) is 0 Å². The molecule has 1 aliphatic rings. The van der Waals surface area contributed by atoms with Gasteiger partial charge in [0.25, 0.3) is 5.91 Å². The lowest BCUT2D eigenvalue weighted by molar-refractivity contribution is 0.0951. The van der Waals surface area contributed by atoms with Gasteiger partial charge in [0.2, 0.25) is 5.89 Å². The second-order valence-corrected chi connectivity index (χ2v) is 6.84. The predicted molar refractivity (Wildman–Crippen MR) is 99.8 cm³/mol. The second kappa shape index (κ2) is 6.96. The Bertz CT molecular complexity index is 894. The summed E-state index contributed by atoms with van der Waals surface area (Å²) in [5, 5.41) is 2.71. The molecular weight excluding hydrogens is 328 g/mol. The van der Waals surface area contributed by atoms with Gasteiger partial charge in [-0.25, -0.2) is 4.98 Å². The average Bonchev–Trinajstić information content (AvgIpc) is 3.24. The molecule has 0 spiro atoms. The van der Waals surface area contributed by atoms with Crippen LogP contribution < -0.4 is 5.32 Å². The molecule has 1 amide bonds. The first-order chi connectivity index (χ1) is 12.7. The maximum atomic E-state index is 12.0. The highest BCUT2D eigenvalue weighted by Crippen LogP contribution is 2.33. The summed E-state index contributed by atoms with van der Waals surface area (Å²) in [6, 6.07) is 12.1. The van der Waals surface area contributed by atoms with Crippen LogP contribution in [0.4, 0.5) is 0 Å². The third-order valence-electron chi connectivity index (χ3n) is 5.25. The van der Waals surface area contributed by atoms with Gasteiger partial charge in [-0.2, -0.15) is 0 Å². The minimum atomic E-state index is -0.0555. The highest BCUT2D eigenvalue weighted by atomic mass is 16.3. The number of carbonyl (C=O) groups excluding carboxylic acids is 1. The lowest BCUT2D eigenvalue weighted by Gasteiger charge is -2.35. The quantitative estimate of drug-likeness (QED) is 0.783. The number of nitrogens with one attached hydrogen (secondary N) is 1. The van der Waals surface area contributed by atoms with Gasteiger partial charge in [0.15, 0.2) is 5.58 Å². The van der Waals surface area contributed by atoms with Gasteiger partial charge in [0.05, 0.1) is 12.6 Å². The molecule has 4 rings (SSSR count). The standard InChI is InChI=1S/C20H24N4O2/c1-21-20(25)17-11-10-15(23(17)2)16-8-5-6-12-24(16)13-19-22-14-7-3-4-9-18(14)26-19/h3-4,7,9-11,16H,5-6,8,12-13H2,1-2H3,(H,21,25)/t16-/m1/s1. The van der Waals surface area contributed by atoms with Gasteiger partial charge >= 0.3 is 0 Å². The van der Waals surface area contributed by atoms with E-state index in [2.05, 4.69) is 21.3 Å². The van der Waals surface area contributed by atoms with Crippen molar-refractivity contribution in [3.8, 4) is 0 Å². The largest absolute Gasteiger partial charge is 0.439 e. The fraction of sp³-hybridized carbons (Fsp3) is 0.400. The van der Waals surface area contributed by atoms with Gasteiger partial charge < -0.3 is 14.3 Å². The fourth-order valence-corrected chi connectivity index (χ4v) is 3.89. The number of carbonyl (C=O) groups is 1. The maximum absolute atomic E-state index is 12.0. The Balaban J connectivity index is 1.60. The number of amides is 1. The smallest absolute Gasteiger partial charge is 0.267 e. The molecule has 6 nitrogen and oxygen atoms in total. The summed E-state index contributed by atoms with van der Waals surface area (Å²) < 4.78 is 7.93. The van der Waals surface area contributed by atoms with Gasteiger partial charge in [-0.1, -0.05) is 18.6 Å². The van der Waals surface area contributed by atoms with Crippen LogP contribution in [-0.2, 0) is 13.6 Å². The van der Waals surface area contributed by atoms with E-state index >= 15 is 0 Å². The highest BCUT2D eigenvalue weighted by molar-refractivity contribution is 5.92. The van der Waals surface area contributed by atoms with E-state index in [9.17, 15) is 4.79 Å². The normalized spacial score (nSPS) is 18.3. The Kier molecular flexibility index (Phi) is 4.51. The van der Waals surface area contributed by atoms with E-state index in [0.29, 0.717) is 12.2 Å². The van der Waals surface area contributed by atoms with Crippen LogP contribution in [0.3, 0.4) is 0 Å². The molecule has 1 aromatic carbocycles. The number of para-hydroxylation sites is 2. The summed E-state index contributed by atoms with van der Waals surface area (Å²) in [7, 11) is 3.63. The number of aromatic nitrogens is 2. The first-order valence-electron chi connectivity index (χ1n) is 9.13. The Morgan fingerprint density at radius 1 is 1.27 bits per heavy atom. The first-order valence-corrected chi connectivity index (χ1v) is 9.13. The number of benzene rings is 1. The van der Waals surface area contributed by atoms with Crippen LogP contribution in [0.2, 0.25) is 0 Å². The molecule has 1 aliphatic heterocycles. The van der Waals surface area contributed by atoms with Crippen molar-refractivity contribution in [1.82, 2.24) is 19.8 Å². The molecule has 1 atom stereocenters. The van der Waals surface area contributed by atoms with E-state index in [1.807, 2.05) is 41.9 Å². The van der Waals surface area contributed by atoms with E-state index in [4.69, 9.17) is 4.42 Å². The van der Waals surface area contributed by atoms with Crippen molar-refractivity contribution in [2.24, 2.45) is 7.05 Å². The number of likely N-dealkylation sites (tertiary alicyclic amines) is 1. The molecule has 1 saturated heterocycles. The number of nitrogens with zero attached hydrogens (tertiary/aromatic N) is 3. The second-order valence-electron chi connectivity index (χ2n) is 6.84. The van der Waals surface area contributed by atoms with Crippen LogP contribution in [0.5, 0.6) is 0 Å². The molecule has 0 radical (unpaired) electrons. The number of fused-ring (bicyclic) bond motifs is 1. The molecule has 0 unspecified atom stereocenters. The van der Waals surface area contributed by atoms with Crippen molar-refractivity contribution >= 4 is 17.0 Å². The van der Waals surface area contributed by atoms with E-state index in [-0.39, 0.29) is 11.9 Å². The summed E-state index contributed by atoms with van der Waals surface area (Å²) in [5.41, 5.74) is 3.59. The van der Waals surface area contributed by atoms with Crippen molar-refractivity contribution in [2.75, 3.05) is 13.6 Å². The number of oxazole rings is 1. The van der Waals surface area contributed by atoms with Crippen molar-refractivity contribution in [3.63, 3.8) is 0 Å². The molecule has 3 aromatic rings. The van der Waals surface area contributed by atoms with Gasteiger partial charge in [-0.05, 0) is 43.7 Å². The lowest BCUT2D eigenvalue weighted by atomic mass is 9.99. The monoisotopic (exact) mass is 352 g/mol. The van der Waals surface area contributed by atoms with Crippen LogP contribution in [0.1, 0.15) is 47.4 Å². The molecule has 6 heteroatoms. The zero-order valence-corrected chi connectivity index (χ0v) is 15.2. The van der Waals surface area contributed by atoms with E-state index in [0.717, 1.165) is 30.0 Å². The summed E-state index contributed by atoms with van der Waals surface area (Å²) in [6.07, 6.45) is 3.43. The van der Waals surface area contributed by atoms with Gasteiger partial charge in [-0.3, -0.25) is 9.69 Å². The summed E-state index contributed by atoms with van der Waals surface area (Å²) in [4.78, 5) is 19.1. The summed E-state index contributed by atoms with van der Waals surface area (Å²) in [6.45, 7) is 1.68. The summed E-state index contributed by atoms with van der Waals surface area (Å²) in [5.74, 6) is 0.693. The number of rotatable bonds is 4. The number of hydrogen-bond acceptors (Lipinski definition) is 4. The lowest BCUT2D eigenvalue weighted by Crippen LogP contribution is -2.34. The number of piperidine rings is 1. The molecule has 0 bridgehead atoms. The molecule has 0 saturated carbocycles. The number of hydrogen-bond donors (Lipinski definition) is 1. The van der Waals surface area contributed by atoms with E-state index < -0.39 is 0 Å². The van der Waals surface area contributed by atoms with Gasteiger partial charge in [-0.15, -0.1) is 0 Å². The van der Waals surface area contributed by atoms with E-state index in [1.165, 1.54) is 18.5 Å². The van der Waals surface area contributed by atoms with Gasteiger partial charge in [0, 0.05) is 19.8 Å². The predicted octanol–water partition coefficient (Wildman–Crippen LogP) is 3.25. The van der Waals surface area contributed by atoms with Crippen LogP contribution in [0.25, 0.3) is 11.1 Å². The van der Waals surface area contributed by atoms with Crippen molar-refractivity contribution in [3.05, 3.63) is 53.7 Å². The Labute approximate surface area is 152 Å². The SMILES string of the molecule is CNC(=O)c1ccc([C@H]2CCCCN2Cc2nc3ccccc3o2)n1C. The fourth-order valence-electron chi connectivity index (χ4n) is 3.89. The molecule has 2 aromatic heterocycles. The zero-order valence-electron chi connectivity index (χ0n) is 15.2. The van der Waals surface area contributed by atoms with E-state index in [1.54, 1.807) is 7.05 Å². The topological polar surface area (TPSA) is 63.3 Å². The minimum absolute atomic E-state index is 0.0555. The molecule has 26 heavy (non-hydrogen) atoms. The molecule has 3 heterocycles.